The highest BCUT2D eigenvalue weighted by Crippen LogP contribution is 2.16. The third kappa shape index (κ3) is 4.39. The van der Waals surface area contributed by atoms with Gasteiger partial charge in [0.05, 0.1) is 13.0 Å². The highest BCUT2D eigenvalue weighted by atomic mass is 35.5. The zero-order valence-corrected chi connectivity index (χ0v) is 12.5. The molecule has 2 rings (SSSR count). The number of rotatable bonds is 5. The molecule has 1 heterocycles. The van der Waals surface area contributed by atoms with Crippen molar-refractivity contribution in [1.29, 1.82) is 0 Å². The van der Waals surface area contributed by atoms with E-state index in [1.807, 2.05) is 24.1 Å². The number of carbonyl (C=O) groups excluding carboxylic acids is 1. The molecule has 1 saturated heterocycles. The fourth-order valence-corrected chi connectivity index (χ4v) is 2.51. The first-order valence-electron chi connectivity index (χ1n) is 7.02. The summed E-state index contributed by atoms with van der Waals surface area (Å²) >= 11 is 5.80. The normalized spacial score (nSPS) is 18.9. The molecule has 1 atom stereocenters. The predicted octanol–water partition coefficient (Wildman–Crippen LogP) is 2.32. The summed E-state index contributed by atoms with van der Waals surface area (Å²) in [7, 11) is 1.95. The van der Waals surface area contributed by atoms with Crippen molar-refractivity contribution in [3.05, 3.63) is 29.3 Å². The number of hydrogen-bond acceptors (Lipinski definition) is 3. The lowest BCUT2D eigenvalue weighted by molar-refractivity contribution is -0.133. The van der Waals surface area contributed by atoms with E-state index in [1.54, 1.807) is 12.1 Å². The van der Waals surface area contributed by atoms with Gasteiger partial charge >= 0.3 is 0 Å². The van der Waals surface area contributed by atoms with Crippen molar-refractivity contribution in [2.45, 2.75) is 25.3 Å². The van der Waals surface area contributed by atoms with Gasteiger partial charge in [-0.1, -0.05) is 11.6 Å². The molecule has 0 bridgehead atoms. The number of nitrogens with zero attached hydrogens (tertiary/aromatic N) is 1. The molecule has 1 aliphatic heterocycles. The smallest absolute Gasteiger partial charge is 0.226 e. The van der Waals surface area contributed by atoms with Gasteiger partial charge in [-0.05, 0) is 44.2 Å². The molecule has 4 nitrogen and oxygen atoms in total. The Bertz CT molecular complexity index is 436. The molecule has 0 aliphatic carbocycles. The van der Waals surface area contributed by atoms with Crippen LogP contribution >= 0.6 is 11.6 Å². The maximum Gasteiger partial charge on any atom is 0.226 e. The predicted molar refractivity (Wildman–Crippen MR) is 80.2 cm³/mol. The van der Waals surface area contributed by atoms with Crippen molar-refractivity contribution < 1.29 is 9.53 Å². The van der Waals surface area contributed by atoms with Gasteiger partial charge in [0.2, 0.25) is 5.91 Å². The molecular weight excluding hydrogens is 276 g/mol. The number of nitrogens with one attached hydrogen (secondary N) is 1. The quantitative estimate of drug-likeness (QED) is 0.907. The summed E-state index contributed by atoms with van der Waals surface area (Å²) in [6.07, 6.45) is 2.62. The van der Waals surface area contributed by atoms with Gasteiger partial charge in [0.15, 0.2) is 0 Å². The van der Waals surface area contributed by atoms with E-state index in [9.17, 15) is 4.79 Å². The second kappa shape index (κ2) is 7.50. The number of piperidine rings is 1. The van der Waals surface area contributed by atoms with E-state index in [0.29, 0.717) is 24.1 Å². The first kappa shape index (κ1) is 15.1. The highest BCUT2D eigenvalue weighted by molar-refractivity contribution is 6.30. The number of hydrogen-bond donors (Lipinski definition) is 1. The number of halogens is 1. The second-order valence-corrected chi connectivity index (χ2v) is 5.46. The van der Waals surface area contributed by atoms with Crippen LogP contribution in [0.3, 0.4) is 0 Å². The molecule has 0 spiro atoms. The summed E-state index contributed by atoms with van der Waals surface area (Å²) in [4.78, 5) is 14.0. The summed E-state index contributed by atoms with van der Waals surface area (Å²) in [5.41, 5.74) is 0. The molecule has 20 heavy (non-hydrogen) atoms. The number of carbonyl (C=O) groups is 1. The number of likely N-dealkylation sites (tertiary alicyclic amines) is 1. The number of amides is 1. The van der Waals surface area contributed by atoms with Crippen LogP contribution in [-0.2, 0) is 4.79 Å². The monoisotopic (exact) mass is 296 g/mol. The second-order valence-electron chi connectivity index (χ2n) is 5.02. The molecule has 1 N–H and O–H groups in total. The first-order chi connectivity index (χ1) is 9.69. The van der Waals surface area contributed by atoms with Gasteiger partial charge in [-0.3, -0.25) is 4.79 Å². The lowest BCUT2D eigenvalue weighted by atomic mass is 10.1. The largest absolute Gasteiger partial charge is 0.493 e. The van der Waals surface area contributed by atoms with Gasteiger partial charge in [0.1, 0.15) is 5.75 Å². The zero-order chi connectivity index (χ0) is 14.4. The molecule has 0 saturated carbocycles. The molecule has 0 radical (unpaired) electrons. The lowest BCUT2D eigenvalue weighted by Gasteiger charge is -2.32. The summed E-state index contributed by atoms with van der Waals surface area (Å²) in [6.45, 7) is 2.06. The van der Waals surface area contributed by atoms with E-state index in [2.05, 4.69) is 5.32 Å². The average Bonchev–Trinajstić information content (AvgIpc) is 2.49. The van der Waals surface area contributed by atoms with Gasteiger partial charge in [-0.25, -0.2) is 0 Å². The minimum Gasteiger partial charge on any atom is -0.493 e. The van der Waals surface area contributed by atoms with Gasteiger partial charge in [-0.2, -0.15) is 0 Å². The van der Waals surface area contributed by atoms with Crippen LogP contribution in [0.25, 0.3) is 0 Å². The molecule has 1 aliphatic rings. The minimum absolute atomic E-state index is 0.166. The van der Waals surface area contributed by atoms with E-state index >= 15 is 0 Å². The average molecular weight is 297 g/mol. The SMILES string of the molecule is CNC1CCCN(C(=O)CCOc2ccc(Cl)cc2)C1. The maximum absolute atomic E-state index is 12.1. The van der Waals surface area contributed by atoms with Crippen LogP contribution in [0.4, 0.5) is 0 Å². The molecule has 1 amide bonds. The summed E-state index contributed by atoms with van der Waals surface area (Å²) < 4.78 is 5.55. The molecule has 1 aromatic rings. The topological polar surface area (TPSA) is 41.6 Å². The molecular formula is C15H21ClN2O2. The van der Waals surface area contributed by atoms with Crippen molar-refractivity contribution in [2.75, 3.05) is 26.7 Å². The fourth-order valence-electron chi connectivity index (χ4n) is 2.38. The molecule has 110 valence electrons. The lowest BCUT2D eigenvalue weighted by Crippen LogP contribution is -2.47. The fraction of sp³-hybridized carbons (Fsp3) is 0.533. The van der Waals surface area contributed by atoms with Crippen molar-refractivity contribution in [2.24, 2.45) is 0 Å². The Morgan fingerprint density at radius 2 is 2.20 bits per heavy atom. The van der Waals surface area contributed by atoms with Crippen molar-refractivity contribution in [3.63, 3.8) is 0 Å². The summed E-state index contributed by atoms with van der Waals surface area (Å²) in [6, 6.07) is 7.60. The van der Waals surface area contributed by atoms with Crippen LogP contribution < -0.4 is 10.1 Å². The van der Waals surface area contributed by atoms with E-state index in [1.165, 1.54) is 0 Å². The number of ether oxygens (including phenoxy) is 1. The molecule has 5 heteroatoms. The van der Waals surface area contributed by atoms with Crippen molar-refractivity contribution >= 4 is 17.5 Å². The van der Waals surface area contributed by atoms with Crippen molar-refractivity contribution in [3.8, 4) is 5.75 Å². The third-order valence-electron chi connectivity index (χ3n) is 3.58. The van der Waals surface area contributed by atoms with Gasteiger partial charge in [-0.15, -0.1) is 0 Å². The van der Waals surface area contributed by atoms with Gasteiger partial charge in [0.25, 0.3) is 0 Å². The van der Waals surface area contributed by atoms with E-state index in [0.717, 1.165) is 31.7 Å². The summed E-state index contributed by atoms with van der Waals surface area (Å²) in [5.74, 6) is 0.910. The summed E-state index contributed by atoms with van der Waals surface area (Å²) in [5, 5.41) is 3.92. The number of benzene rings is 1. The van der Waals surface area contributed by atoms with Crippen LogP contribution in [0, 0.1) is 0 Å². The Hall–Kier alpha value is -1.26. The molecule has 1 unspecified atom stereocenters. The van der Waals surface area contributed by atoms with Gasteiger partial charge in [0, 0.05) is 24.2 Å². The Balaban J connectivity index is 1.73. The Labute approximate surface area is 125 Å². The Kier molecular flexibility index (Phi) is 5.68. The van der Waals surface area contributed by atoms with E-state index in [-0.39, 0.29) is 5.91 Å². The van der Waals surface area contributed by atoms with Crippen LogP contribution in [0.1, 0.15) is 19.3 Å². The van der Waals surface area contributed by atoms with Gasteiger partial charge < -0.3 is 15.0 Å². The van der Waals surface area contributed by atoms with E-state index < -0.39 is 0 Å². The molecule has 1 aromatic carbocycles. The van der Waals surface area contributed by atoms with Crippen LogP contribution in [0.2, 0.25) is 5.02 Å². The van der Waals surface area contributed by atoms with E-state index in [4.69, 9.17) is 16.3 Å². The number of likely N-dealkylation sites (N-methyl/N-ethyl adjacent to an activating group) is 1. The molecule has 0 aromatic heterocycles. The standard InChI is InChI=1S/C15H21ClN2O2/c1-17-13-3-2-9-18(11-13)15(19)8-10-20-14-6-4-12(16)5-7-14/h4-7,13,17H,2-3,8-11H2,1H3. The van der Waals surface area contributed by atoms with Crippen LogP contribution in [-0.4, -0.2) is 43.6 Å². The zero-order valence-electron chi connectivity index (χ0n) is 11.8. The molecule has 1 fully saturated rings. The van der Waals surface area contributed by atoms with Crippen LogP contribution in [0.5, 0.6) is 5.75 Å². The Morgan fingerprint density at radius 1 is 1.45 bits per heavy atom. The first-order valence-corrected chi connectivity index (χ1v) is 7.40. The third-order valence-corrected chi connectivity index (χ3v) is 3.83. The van der Waals surface area contributed by atoms with Crippen LogP contribution in [0.15, 0.2) is 24.3 Å². The maximum atomic E-state index is 12.1. The minimum atomic E-state index is 0.166. The Morgan fingerprint density at radius 3 is 2.90 bits per heavy atom. The van der Waals surface area contributed by atoms with Crippen molar-refractivity contribution in [1.82, 2.24) is 10.2 Å². The highest BCUT2D eigenvalue weighted by Gasteiger charge is 2.22.